The van der Waals surface area contributed by atoms with Crippen LogP contribution in [0, 0.1) is 11.7 Å². The van der Waals surface area contributed by atoms with Crippen LogP contribution in [0.3, 0.4) is 0 Å². The highest BCUT2D eigenvalue weighted by molar-refractivity contribution is 7.71. The van der Waals surface area contributed by atoms with Crippen LogP contribution in [0.25, 0.3) is 21.3 Å². The Balaban J connectivity index is 2.65. The molecule has 3 aromatic rings. The molecule has 0 amide bonds. The van der Waals surface area contributed by atoms with E-state index in [1.54, 1.807) is 11.3 Å². The van der Waals surface area contributed by atoms with Crippen molar-refractivity contribution in [3.8, 4) is 0 Å². The van der Waals surface area contributed by atoms with Crippen molar-refractivity contribution in [1.82, 2.24) is 15.0 Å². The number of hydrogen-bond donors (Lipinski definition) is 2. The van der Waals surface area contributed by atoms with E-state index in [1.165, 1.54) is 4.70 Å². The minimum atomic E-state index is 0.651. The van der Waals surface area contributed by atoms with Gasteiger partial charge >= 0.3 is 0 Å². The van der Waals surface area contributed by atoms with Crippen LogP contribution in [0.2, 0.25) is 0 Å². The zero-order valence-corrected chi connectivity index (χ0v) is 9.05. The Kier molecular flexibility index (Phi) is 1.54. The van der Waals surface area contributed by atoms with E-state index in [0.717, 1.165) is 21.6 Å². The number of rotatable bonds is 0. The maximum absolute atomic E-state index is 5.05. The van der Waals surface area contributed by atoms with Gasteiger partial charge in [-0.05, 0) is 31.3 Å². The van der Waals surface area contributed by atoms with E-state index in [9.17, 15) is 0 Å². The standard InChI is InChI=1S/C9H7N3S2/c1-4-10-8-6(14-4)3-2-5-7(8)12-9(13)11-5/h2-3H,1H3,(H2,11,12,13). The molecule has 0 bridgehead atoms. The van der Waals surface area contributed by atoms with Crippen LogP contribution in [-0.2, 0) is 0 Å². The van der Waals surface area contributed by atoms with Crippen molar-refractivity contribution in [2.24, 2.45) is 0 Å². The van der Waals surface area contributed by atoms with E-state index in [-0.39, 0.29) is 0 Å². The number of aromatic amines is 2. The van der Waals surface area contributed by atoms with Crippen molar-refractivity contribution in [3.05, 3.63) is 21.9 Å². The largest absolute Gasteiger partial charge is 0.331 e. The quantitative estimate of drug-likeness (QED) is 0.573. The molecule has 0 radical (unpaired) electrons. The zero-order chi connectivity index (χ0) is 9.71. The van der Waals surface area contributed by atoms with Gasteiger partial charge in [-0.2, -0.15) is 0 Å². The number of nitrogens with zero attached hydrogens (tertiary/aromatic N) is 1. The molecule has 0 fully saturated rings. The third-order valence-corrected chi connectivity index (χ3v) is 3.29. The molecule has 0 saturated heterocycles. The molecule has 0 aliphatic rings. The second-order valence-electron chi connectivity index (χ2n) is 3.15. The number of aryl methyl sites for hydroxylation is 1. The summed E-state index contributed by atoms with van der Waals surface area (Å²) in [6, 6.07) is 4.10. The Morgan fingerprint density at radius 2 is 2.21 bits per heavy atom. The average molecular weight is 221 g/mol. The molecule has 0 aliphatic carbocycles. The molecule has 0 unspecified atom stereocenters. The molecule has 0 spiro atoms. The van der Waals surface area contributed by atoms with Crippen molar-refractivity contribution >= 4 is 44.8 Å². The Labute approximate surface area is 88.8 Å². The summed E-state index contributed by atoms with van der Waals surface area (Å²) < 4.78 is 1.85. The van der Waals surface area contributed by atoms with Gasteiger partial charge in [-0.15, -0.1) is 11.3 Å². The highest BCUT2D eigenvalue weighted by Crippen LogP contribution is 2.26. The third-order valence-electron chi connectivity index (χ3n) is 2.15. The van der Waals surface area contributed by atoms with Gasteiger partial charge in [0.25, 0.3) is 0 Å². The molecule has 70 valence electrons. The molecule has 14 heavy (non-hydrogen) atoms. The van der Waals surface area contributed by atoms with Crippen LogP contribution in [0.5, 0.6) is 0 Å². The first kappa shape index (κ1) is 8.14. The summed E-state index contributed by atoms with van der Waals surface area (Å²) in [4.78, 5) is 10.7. The van der Waals surface area contributed by atoms with E-state index in [4.69, 9.17) is 12.2 Å². The third kappa shape index (κ3) is 1.03. The van der Waals surface area contributed by atoms with Gasteiger partial charge in [0.05, 0.1) is 20.7 Å². The summed E-state index contributed by atoms with van der Waals surface area (Å²) in [7, 11) is 0. The van der Waals surface area contributed by atoms with Gasteiger partial charge in [0, 0.05) is 0 Å². The molecule has 2 aromatic heterocycles. The summed E-state index contributed by atoms with van der Waals surface area (Å²) in [5, 5.41) is 1.08. The van der Waals surface area contributed by atoms with Crippen molar-refractivity contribution in [3.63, 3.8) is 0 Å². The lowest BCUT2D eigenvalue weighted by atomic mass is 10.3. The number of nitrogens with one attached hydrogen (secondary N) is 2. The van der Waals surface area contributed by atoms with Crippen molar-refractivity contribution in [2.75, 3.05) is 0 Å². The molecule has 3 nitrogen and oxygen atoms in total. The molecule has 1 aromatic carbocycles. The molecular formula is C9H7N3S2. The van der Waals surface area contributed by atoms with Crippen LogP contribution < -0.4 is 0 Å². The minimum Gasteiger partial charge on any atom is -0.331 e. The molecule has 3 rings (SSSR count). The van der Waals surface area contributed by atoms with Gasteiger partial charge < -0.3 is 9.97 Å². The number of fused-ring (bicyclic) bond motifs is 3. The Bertz CT molecular complexity index is 674. The second kappa shape index (κ2) is 2.65. The van der Waals surface area contributed by atoms with Crippen molar-refractivity contribution in [2.45, 2.75) is 6.92 Å². The summed E-state index contributed by atoms with van der Waals surface area (Å²) in [6.07, 6.45) is 0. The van der Waals surface area contributed by atoms with Crippen LogP contribution in [0.15, 0.2) is 12.1 Å². The monoisotopic (exact) mass is 221 g/mol. The van der Waals surface area contributed by atoms with Crippen LogP contribution >= 0.6 is 23.6 Å². The van der Waals surface area contributed by atoms with E-state index in [1.807, 2.05) is 13.0 Å². The van der Waals surface area contributed by atoms with Crippen molar-refractivity contribution in [1.29, 1.82) is 0 Å². The smallest absolute Gasteiger partial charge is 0.175 e. The SMILES string of the molecule is Cc1nc2c(ccc3[nH]c(=S)[nH]c32)s1. The highest BCUT2D eigenvalue weighted by Gasteiger charge is 2.06. The minimum absolute atomic E-state index is 0.651. The first-order chi connectivity index (χ1) is 6.74. The number of hydrogen-bond acceptors (Lipinski definition) is 3. The number of thiazole rings is 1. The predicted molar refractivity (Wildman–Crippen MR) is 61.4 cm³/mol. The van der Waals surface area contributed by atoms with E-state index in [0.29, 0.717) is 4.77 Å². The van der Waals surface area contributed by atoms with Gasteiger partial charge in [-0.3, -0.25) is 0 Å². The maximum atomic E-state index is 5.05. The molecule has 0 atom stereocenters. The Morgan fingerprint density at radius 3 is 3.07 bits per heavy atom. The zero-order valence-electron chi connectivity index (χ0n) is 7.42. The van der Waals surface area contributed by atoms with Crippen LogP contribution in [0.4, 0.5) is 0 Å². The van der Waals surface area contributed by atoms with Crippen LogP contribution in [0.1, 0.15) is 5.01 Å². The average Bonchev–Trinajstić information content (AvgIpc) is 2.65. The Hall–Kier alpha value is -1.20. The summed E-state index contributed by atoms with van der Waals surface area (Å²) >= 11 is 6.74. The van der Waals surface area contributed by atoms with Gasteiger partial charge in [0.15, 0.2) is 4.77 Å². The fraction of sp³-hybridized carbons (Fsp3) is 0.111. The first-order valence-corrected chi connectivity index (χ1v) is 5.45. The number of aromatic nitrogens is 3. The van der Waals surface area contributed by atoms with Gasteiger partial charge in [-0.1, -0.05) is 0 Å². The predicted octanol–water partition coefficient (Wildman–Crippen LogP) is 3.14. The molecule has 2 N–H and O–H groups in total. The topological polar surface area (TPSA) is 44.5 Å². The fourth-order valence-electron chi connectivity index (χ4n) is 1.60. The van der Waals surface area contributed by atoms with Gasteiger partial charge in [0.1, 0.15) is 5.52 Å². The number of imidazole rings is 1. The number of benzene rings is 1. The first-order valence-electron chi connectivity index (χ1n) is 4.22. The summed E-state index contributed by atoms with van der Waals surface area (Å²) in [5.41, 5.74) is 3.04. The maximum Gasteiger partial charge on any atom is 0.175 e. The van der Waals surface area contributed by atoms with E-state index >= 15 is 0 Å². The summed E-state index contributed by atoms with van der Waals surface area (Å²) in [5.74, 6) is 0. The van der Waals surface area contributed by atoms with Gasteiger partial charge in [-0.25, -0.2) is 4.98 Å². The van der Waals surface area contributed by atoms with E-state index < -0.39 is 0 Å². The highest BCUT2D eigenvalue weighted by atomic mass is 32.1. The Morgan fingerprint density at radius 1 is 1.36 bits per heavy atom. The number of H-pyrrole nitrogens is 2. The lowest BCUT2D eigenvalue weighted by Crippen LogP contribution is -1.73. The second-order valence-corrected chi connectivity index (χ2v) is 4.79. The van der Waals surface area contributed by atoms with E-state index in [2.05, 4.69) is 21.0 Å². The van der Waals surface area contributed by atoms with Crippen LogP contribution in [-0.4, -0.2) is 15.0 Å². The molecule has 2 heterocycles. The molecule has 0 saturated carbocycles. The van der Waals surface area contributed by atoms with Crippen molar-refractivity contribution < 1.29 is 0 Å². The fourth-order valence-corrected chi connectivity index (χ4v) is 2.65. The molecule has 5 heteroatoms. The lowest BCUT2D eigenvalue weighted by molar-refractivity contribution is 1.29. The normalized spacial score (nSPS) is 11.5. The summed E-state index contributed by atoms with van der Waals surface area (Å²) in [6.45, 7) is 2.01. The molecular weight excluding hydrogens is 214 g/mol. The lowest BCUT2D eigenvalue weighted by Gasteiger charge is -1.88. The van der Waals surface area contributed by atoms with Gasteiger partial charge in [0.2, 0.25) is 0 Å². The molecule has 0 aliphatic heterocycles.